The Labute approximate surface area is 133 Å². The van der Waals surface area contributed by atoms with Crippen LogP contribution in [-0.2, 0) is 0 Å². The molecule has 110 valence electrons. The highest BCUT2D eigenvalue weighted by Crippen LogP contribution is 2.22. The number of thioether (sulfide) groups is 1. The van der Waals surface area contributed by atoms with Gasteiger partial charge in [0.25, 0.3) is 0 Å². The maximum atomic E-state index is 12.2. The SMILES string of the molecule is CSc1cccc(NC(=O)Nc2ccnc3ccccc23)c1. The average Bonchev–Trinajstić information content (AvgIpc) is 2.55. The number of hydrogen-bond donors (Lipinski definition) is 2. The number of nitrogens with zero attached hydrogens (tertiary/aromatic N) is 1. The van der Waals surface area contributed by atoms with E-state index in [1.165, 1.54) is 0 Å². The summed E-state index contributed by atoms with van der Waals surface area (Å²) in [5.74, 6) is 0. The summed E-state index contributed by atoms with van der Waals surface area (Å²) < 4.78 is 0. The number of nitrogens with one attached hydrogen (secondary N) is 2. The summed E-state index contributed by atoms with van der Waals surface area (Å²) in [6, 6.07) is 17.0. The summed E-state index contributed by atoms with van der Waals surface area (Å²) in [6.07, 6.45) is 3.69. The minimum Gasteiger partial charge on any atom is -0.308 e. The third-order valence-corrected chi connectivity index (χ3v) is 3.95. The van der Waals surface area contributed by atoms with E-state index < -0.39 is 0 Å². The Hall–Kier alpha value is -2.53. The molecule has 0 aliphatic heterocycles. The number of carbonyl (C=O) groups excluding carboxylic acids is 1. The van der Waals surface area contributed by atoms with Gasteiger partial charge in [-0.05, 0) is 36.6 Å². The van der Waals surface area contributed by atoms with Gasteiger partial charge in [-0.25, -0.2) is 4.79 Å². The molecule has 2 N–H and O–H groups in total. The van der Waals surface area contributed by atoms with Crippen molar-refractivity contribution >= 4 is 40.1 Å². The van der Waals surface area contributed by atoms with E-state index in [1.54, 1.807) is 24.0 Å². The molecule has 0 atom stereocenters. The number of benzene rings is 2. The van der Waals surface area contributed by atoms with E-state index in [9.17, 15) is 4.79 Å². The normalized spacial score (nSPS) is 10.4. The van der Waals surface area contributed by atoms with Crippen LogP contribution in [0.15, 0.2) is 65.7 Å². The molecule has 22 heavy (non-hydrogen) atoms. The number of fused-ring (bicyclic) bond motifs is 1. The lowest BCUT2D eigenvalue weighted by atomic mass is 10.2. The summed E-state index contributed by atoms with van der Waals surface area (Å²) in [4.78, 5) is 17.6. The van der Waals surface area contributed by atoms with Gasteiger partial charge in [-0.2, -0.15) is 0 Å². The molecule has 5 heteroatoms. The third-order valence-electron chi connectivity index (χ3n) is 3.22. The van der Waals surface area contributed by atoms with E-state index >= 15 is 0 Å². The molecule has 1 heterocycles. The molecule has 3 aromatic rings. The second-order valence-electron chi connectivity index (χ2n) is 4.69. The summed E-state index contributed by atoms with van der Waals surface area (Å²) in [5.41, 5.74) is 2.36. The Morgan fingerprint density at radius 1 is 1.05 bits per heavy atom. The molecule has 4 nitrogen and oxygen atoms in total. The van der Waals surface area contributed by atoms with Crippen LogP contribution >= 0.6 is 11.8 Å². The molecule has 0 aliphatic rings. The second kappa shape index (κ2) is 6.49. The molecule has 0 saturated carbocycles. The van der Waals surface area contributed by atoms with Gasteiger partial charge in [-0.3, -0.25) is 4.98 Å². The molecule has 0 aliphatic carbocycles. The van der Waals surface area contributed by atoms with Crippen LogP contribution in [0.4, 0.5) is 16.2 Å². The predicted molar refractivity (Wildman–Crippen MR) is 92.6 cm³/mol. The number of hydrogen-bond acceptors (Lipinski definition) is 3. The van der Waals surface area contributed by atoms with E-state index in [0.717, 1.165) is 27.2 Å². The molecule has 2 amide bonds. The molecule has 0 radical (unpaired) electrons. The molecule has 0 fully saturated rings. The van der Waals surface area contributed by atoms with E-state index in [1.807, 2.05) is 54.8 Å². The third kappa shape index (κ3) is 3.20. The fourth-order valence-electron chi connectivity index (χ4n) is 2.19. The van der Waals surface area contributed by atoms with Crippen LogP contribution in [0.2, 0.25) is 0 Å². The fraction of sp³-hybridized carbons (Fsp3) is 0.0588. The first kappa shape index (κ1) is 14.4. The zero-order valence-electron chi connectivity index (χ0n) is 12.0. The van der Waals surface area contributed by atoms with E-state index in [2.05, 4.69) is 15.6 Å². The van der Waals surface area contributed by atoms with Crippen LogP contribution in [0.1, 0.15) is 0 Å². The number of urea groups is 1. The fourth-order valence-corrected chi connectivity index (χ4v) is 2.65. The van der Waals surface area contributed by atoms with Crippen LogP contribution in [0.5, 0.6) is 0 Å². The number of para-hydroxylation sites is 1. The first-order valence-corrected chi connectivity index (χ1v) is 8.04. The lowest BCUT2D eigenvalue weighted by Gasteiger charge is -2.10. The van der Waals surface area contributed by atoms with E-state index in [-0.39, 0.29) is 6.03 Å². The highest BCUT2D eigenvalue weighted by Gasteiger charge is 2.06. The summed E-state index contributed by atoms with van der Waals surface area (Å²) in [7, 11) is 0. The maximum Gasteiger partial charge on any atom is 0.323 e. The summed E-state index contributed by atoms with van der Waals surface area (Å²) in [6.45, 7) is 0. The first-order valence-electron chi connectivity index (χ1n) is 6.82. The van der Waals surface area contributed by atoms with Crippen molar-refractivity contribution in [2.75, 3.05) is 16.9 Å². The largest absolute Gasteiger partial charge is 0.323 e. The number of anilines is 2. The Bertz CT molecular complexity index is 814. The number of carbonyl (C=O) groups is 1. The highest BCUT2D eigenvalue weighted by molar-refractivity contribution is 7.98. The summed E-state index contributed by atoms with van der Waals surface area (Å²) in [5, 5.41) is 6.63. The maximum absolute atomic E-state index is 12.2. The lowest BCUT2D eigenvalue weighted by Crippen LogP contribution is -2.19. The molecule has 1 aromatic heterocycles. The van der Waals surface area contributed by atoms with Gasteiger partial charge in [0.05, 0.1) is 11.2 Å². The van der Waals surface area contributed by atoms with Crippen LogP contribution in [0, 0.1) is 0 Å². The van der Waals surface area contributed by atoms with Crippen LogP contribution in [-0.4, -0.2) is 17.3 Å². The smallest absolute Gasteiger partial charge is 0.308 e. The quantitative estimate of drug-likeness (QED) is 0.695. The number of rotatable bonds is 3. The molecule has 2 aromatic carbocycles. The molecule has 0 spiro atoms. The predicted octanol–water partition coefficient (Wildman–Crippen LogP) is 4.60. The molecule has 0 bridgehead atoms. The standard InChI is InChI=1S/C17H15N3OS/c1-22-13-6-4-5-12(11-13)19-17(21)20-16-9-10-18-15-8-3-2-7-14(15)16/h2-11H,1H3,(H2,18,19,20,21). The van der Waals surface area contributed by atoms with Gasteiger partial charge >= 0.3 is 6.03 Å². The highest BCUT2D eigenvalue weighted by atomic mass is 32.2. The van der Waals surface area contributed by atoms with Gasteiger partial charge in [0.1, 0.15) is 0 Å². The van der Waals surface area contributed by atoms with Crippen molar-refractivity contribution < 1.29 is 4.79 Å². The Kier molecular flexibility index (Phi) is 4.25. The lowest BCUT2D eigenvalue weighted by molar-refractivity contribution is 0.262. The molecule has 0 saturated heterocycles. The van der Waals surface area contributed by atoms with Crippen molar-refractivity contribution in [1.82, 2.24) is 4.98 Å². The van der Waals surface area contributed by atoms with Gasteiger partial charge < -0.3 is 10.6 Å². The number of pyridine rings is 1. The van der Waals surface area contributed by atoms with Crippen LogP contribution in [0.25, 0.3) is 10.9 Å². The van der Waals surface area contributed by atoms with Crippen molar-refractivity contribution in [2.24, 2.45) is 0 Å². The monoisotopic (exact) mass is 309 g/mol. The molecule has 3 rings (SSSR count). The van der Waals surface area contributed by atoms with E-state index in [4.69, 9.17) is 0 Å². The number of aromatic nitrogens is 1. The van der Waals surface area contributed by atoms with Gasteiger partial charge in [-0.15, -0.1) is 11.8 Å². The van der Waals surface area contributed by atoms with Crippen molar-refractivity contribution in [3.63, 3.8) is 0 Å². The topological polar surface area (TPSA) is 54.0 Å². The average molecular weight is 309 g/mol. The molecular formula is C17H15N3OS. The summed E-state index contributed by atoms with van der Waals surface area (Å²) >= 11 is 1.64. The van der Waals surface area contributed by atoms with Gasteiger partial charge in [0, 0.05) is 22.2 Å². The van der Waals surface area contributed by atoms with Crippen molar-refractivity contribution in [1.29, 1.82) is 0 Å². The minimum absolute atomic E-state index is 0.269. The number of amides is 2. The van der Waals surface area contributed by atoms with Crippen LogP contribution < -0.4 is 10.6 Å². The Morgan fingerprint density at radius 2 is 1.91 bits per heavy atom. The Morgan fingerprint density at radius 3 is 2.77 bits per heavy atom. The second-order valence-corrected chi connectivity index (χ2v) is 5.57. The van der Waals surface area contributed by atoms with Gasteiger partial charge in [0.2, 0.25) is 0 Å². The molecular weight excluding hydrogens is 294 g/mol. The van der Waals surface area contributed by atoms with Crippen molar-refractivity contribution in [3.05, 3.63) is 60.8 Å². The Balaban J connectivity index is 1.78. The molecule has 0 unspecified atom stereocenters. The zero-order chi connectivity index (χ0) is 15.4. The van der Waals surface area contributed by atoms with Gasteiger partial charge in [-0.1, -0.05) is 24.3 Å². The first-order chi connectivity index (χ1) is 10.8. The van der Waals surface area contributed by atoms with Gasteiger partial charge in [0.15, 0.2) is 0 Å². The van der Waals surface area contributed by atoms with Crippen molar-refractivity contribution in [2.45, 2.75) is 4.90 Å². The zero-order valence-corrected chi connectivity index (χ0v) is 12.9. The minimum atomic E-state index is -0.269. The van der Waals surface area contributed by atoms with Crippen LogP contribution in [0.3, 0.4) is 0 Å². The van der Waals surface area contributed by atoms with Crippen molar-refractivity contribution in [3.8, 4) is 0 Å². The van der Waals surface area contributed by atoms with E-state index in [0.29, 0.717) is 0 Å².